The van der Waals surface area contributed by atoms with Crippen molar-refractivity contribution in [2.45, 2.75) is 13.3 Å². The zero-order valence-electron chi connectivity index (χ0n) is 9.69. The quantitative estimate of drug-likeness (QED) is 0.221. The molecule has 0 spiro atoms. The van der Waals surface area contributed by atoms with Gasteiger partial charge in [-0.25, -0.2) is 4.79 Å². The average Bonchev–Trinajstić information content (AvgIpc) is 2.23. The van der Waals surface area contributed by atoms with Crippen LogP contribution in [0.4, 0.5) is 4.79 Å². The van der Waals surface area contributed by atoms with Gasteiger partial charge in [0.25, 0.3) is 0 Å². The van der Waals surface area contributed by atoms with Crippen LogP contribution in [0.5, 0.6) is 0 Å². The zero-order chi connectivity index (χ0) is 11.9. The van der Waals surface area contributed by atoms with Gasteiger partial charge in [-0.15, -0.1) is 5.92 Å². The van der Waals surface area contributed by atoms with Crippen molar-refractivity contribution in [2.24, 2.45) is 0 Å². The van der Waals surface area contributed by atoms with Crippen LogP contribution >= 0.6 is 10.8 Å². The zero-order valence-corrected chi connectivity index (χ0v) is 17.1. The van der Waals surface area contributed by atoms with E-state index in [1.807, 2.05) is 6.92 Å². The number of aliphatic hydroxyl groups is 1. The molecule has 0 aromatic heterocycles. The molecule has 17 heavy (non-hydrogen) atoms. The van der Waals surface area contributed by atoms with E-state index in [0.29, 0.717) is 6.54 Å². The minimum absolute atomic E-state index is 0. The molecule has 97 valence electrons. The molecule has 0 unspecified atom stereocenters. The first-order valence-corrected chi connectivity index (χ1v) is 6.26. The van der Waals surface area contributed by atoms with Crippen molar-refractivity contribution >= 4 is 28.5 Å². The van der Waals surface area contributed by atoms with Gasteiger partial charge in [0.15, 0.2) is 0 Å². The maximum atomic E-state index is 10.8. The molecule has 0 atom stereocenters. The van der Waals surface area contributed by atoms with Crippen molar-refractivity contribution in [2.75, 3.05) is 19.7 Å². The predicted octanol–water partition coefficient (Wildman–Crippen LogP) is 0.659. The summed E-state index contributed by atoms with van der Waals surface area (Å²) < 4.78 is 0. The monoisotopic (exact) mass is 521 g/mol. The van der Waals surface area contributed by atoms with E-state index < -0.39 is 0 Å². The molecule has 4 nitrogen and oxygen atoms in total. The molecule has 2 amide bonds. The number of hydrogen-bond donors (Lipinski definition) is 3. The molecule has 0 fully saturated rings. The van der Waals surface area contributed by atoms with Gasteiger partial charge in [-0.3, -0.25) is 0 Å². The summed E-state index contributed by atoms with van der Waals surface area (Å²) in [6.07, 6.45) is 4.01. The fraction of sp³-hybridized carbons (Fsp3) is 0.556. The Hall–Kier alpha value is 1.28. The Labute approximate surface area is 152 Å². The Morgan fingerprint density at radius 3 is 2.41 bits per heavy atom. The van der Waals surface area contributed by atoms with Crippen LogP contribution < -0.4 is 10.6 Å². The Bertz CT molecular complexity index is 213. The van der Waals surface area contributed by atoms with Crippen molar-refractivity contribution < 1.29 is 63.7 Å². The molecule has 0 aliphatic carbocycles. The molecule has 8 heteroatoms. The van der Waals surface area contributed by atoms with Gasteiger partial charge < -0.3 is 44.5 Å². The van der Waals surface area contributed by atoms with Gasteiger partial charge in [-0.05, 0) is 0 Å². The molecule has 0 aromatic rings. The van der Waals surface area contributed by atoms with E-state index in [0.717, 1.165) is 17.2 Å². The number of nitrogens with one attached hydrogen (secondary N) is 2. The smallest absolute Gasteiger partial charge is 0.315 e. The van der Waals surface area contributed by atoms with Gasteiger partial charge >= 0.3 is 6.03 Å². The van der Waals surface area contributed by atoms with Gasteiger partial charge in [0.05, 0.1) is 13.2 Å². The number of urea groups is 1. The predicted molar refractivity (Wildman–Crippen MR) is 66.9 cm³/mol. The Balaban J connectivity index is -0.000000152. The van der Waals surface area contributed by atoms with E-state index >= 15 is 0 Å². The largest absolute Gasteiger partial charge is 0.755 e. The fourth-order valence-corrected chi connectivity index (χ4v) is 0.544. The SMILES string of the molecule is CCC#CCNC(=O)NCCO.[CH2-]S[S-].[W].[Y]. The summed E-state index contributed by atoms with van der Waals surface area (Å²) in [6, 6.07) is -0.297. The molecule has 3 N–H and O–H groups in total. The van der Waals surface area contributed by atoms with E-state index in [1.54, 1.807) is 0 Å². The van der Waals surface area contributed by atoms with Crippen molar-refractivity contribution in [1.29, 1.82) is 0 Å². The maximum absolute atomic E-state index is 10.8. The topological polar surface area (TPSA) is 61.4 Å². The van der Waals surface area contributed by atoms with E-state index in [4.69, 9.17) is 5.11 Å². The average molecular weight is 521 g/mol. The van der Waals surface area contributed by atoms with Gasteiger partial charge in [0, 0.05) is 66.7 Å². The number of carbonyl (C=O) groups excluding carboxylic acids is 1. The molecule has 0 aromatic carbocycles. The van der Waals surface area contributed by atoms with Crippen LogP contribution in [-0.4, -0.2) is 30.8 Å². The van der Waals surface area contributed by atoms with Gasteiger partial charge in [0.2, 0.25) is 0 Å². The number of rotatable bonds is 3. The summed E-state index contributed by atoms with van der Waals surface area (Å²) in [5.41, 5.74) is 0. The summed E-state index contributed by atoms with van der Waals surface area (Å²) in [5, 5.41) is 13.3. The third-order valence-electron chi connectivity index (χ3n) is 1.04. The molecular weight excluding hydrogens is 505 g/mol. The third-order valence-corrected chi connectivity index (χ3v) is 1.04. The first kappa shape index (κ1) is 26.8. The second-order valence-electron chi connectivity index (χ2n) is 2.16. The Kier molecular flexibility index (Phi) is 40.9. The Morgan fingerprint density at radius 2 is 2.00 bits per heavy atom. The van der Waals surface area contributed by atoms with Crippen LogP contribution in [-0.2, 0) is 65.4 Å². The standard InChI is InChI=1S/C8H14N2O2.CH3S2.W.Y/c1-2-3-4-5-9-8(12)10-6-7-11;1-3-2;;/h11H,2,5-7H2,1H3,(H2,9,10,12);2H,1H2;;/q;-1;;/p-1. The van der Waals surface area contributed by atoms with E-state index in [-0.39, 0.29) is 73.0 Å². The van der Waals surface area contributed by atoms with Crippen molar-refractivity contribution in [3.05, 3.63) is 6.26 Å². The first-order chi connectivity index (χ1) is 7.22. The van der Waals surface area contributed by atoms with Gasteiger partial charge in [-0.1, -0.05) is 12.8 Å². The summed E-state index contributed by atoms with van der Waals surface area (Å²) in [4.78, 5) is 10.8. The van der Waals surface area contributed by atoms with Crippen LogP contribution in [0.25, 0.3) is 0 Å². The number of aliphatic hydroxyl groups excluding tert-OH is 1. The van der Waals surface area contributed by atoms with Crippen LogP contribution in [0.2, 0.25) is 0 Å². The summed E-state index contributed by atoms with van der Waals surface area (Å²) in [5.74, 6) is 5.58. The number of hydrogen-bond acceptors (Lipinski definition) is 4. The van der Waals surface area contributed by atoms with Crippen molar-refractivity contribution in [3.8, 4) is 11.8 Å². The molecule has 0 bridgehead atoms. The number of carbonyl (C=O) groups is 1. The van der Waals surface area contributed by atoms with Crippen molar-refractivity contribution in [3.63, 3.8) is 0 Å². The van der Waals surface area contributed by atoms with Gasteiger partial charge in [0.1, 0.15) is 0 Å². The van der Waals surface area contributed by atoms with Gasteiger partial charge in [-0.2, -0.15) is 0 Å². The Morgan fingerprint density at radius 1 is 1.47 bits per heavy atom. The van der Waals surface area contributed by atoms with E-state index in [9.17, 15) is 4.79 Å². The summed E-state index contributed by atoms with van der Waals surface area (Å²) in [7, 11) is 1.08. The minimum Gasteiger partial charge on any atom is -0.755 e. The maximum Gasteiger partial charge on any atom is 0.315 e. The molecule has 0 saturated heterocycles. The van der Waals surface area contributed by atoms with E-state index in [1.165, 1.54) is 0 Å². The molecule has 0 aliphatic heterocycles. The third kappa shape index (κ3) is 31.7. The molecular formula is C9H16N2O2S2WY-2. The number of amides is 2. The molecule has 1 radical (unpaired) electrons. The summed E-state index contributed by atoms with van der Waals surface area (Å²) >= 11 is 4.20. The van der Waals surface area contributed by atoms with Crippen LogP contribution in [0.15, 0.2) is 0 Å². The molecule has 0 rings (SSSR count). The minimum atomic E-state index is -0.297. The second kappa shape index (κ2) is 26.0. The fourth-order valence-electron chi connectivity index (χ4n) is 0.544. The van der Waals surface area contributed by atoms with Crippen LogP contribution in [0.1, 0.15) is 13.3 Å². The van der Waals surface area contributed by atoms with Crippen LogP contribution in [0, 0.1) is 18.1 Å². The molecule has 0 saturated carbocycles. The first-order valence-electron chi connectivity index (χ1n) is 4.35. The summed E-state index contributed by atoms with van der Waals surface area (Å²) in [6.45, 7) is 2.52. The normalized spacial score (nSPS) is 6.82. The van der Waals surface area contributed by atoms with Crippen LogP contribution in [0.3, 0.4) is 0 Å². The molecule has 0 heterocycles. The van der Waals surface area contributed by atoms with E-state index in [2.05, 4.69) is 40.4 Å². The molecule has 0 aliphatic rings. The van der Waals surface area contributed by atoms with Crippen molar-refractivity contribution in [1.82, 2.24) is 10.6 Å². The second-order valence-corrected chi connectivity index (χ2v) is 3.10.